The number of carbonyl (C=O) groups excluding carboxylic acids is 1. The van der Waals surface area contributed by atoms with Crippen molar-refractivity contribution >= 4 is 28.5 Å². The molecule has 1 heterocycles. The number of esters is 1. The minimum absolute atomic E-state index is 0.281. The minimum Gasteiger partial charge on any atom is -0.462 e. The molecule has 3 aromatic carbocycles. The molecule has 3 nitrogen and oxygen atoms in total. The van der Waals surface area contributed by atoms with E-state index in [-0.39, 0.29) is 11.8 Å². The van der Waals surface area contributed by atoms with Gasteiger partial charge in [-0.3, -0.25) is 0 Å². The van der Waals surface area contributed by atoms with E-state index in [0.29, 0.717) is 23.6 Å². The van der Waals surface area contributed by atoms with Crippen LogP contribution in [0.3, 0.4) is 0 Å². The molecule has 0 amide bonds. The van der Waals surface area contributed by atoms with E-state index in [1.54, 1.807) is 25.1 Å². The van der Waals surface area contributed by atoms with Crippen molar-refractivity contribution in [1.29, 1.82) is 0 Å². The monoisotopic (exact) mass is 407 g/mol. The first-order valence-electron chi connectivity index (χ1n) is 9.37. The van der Waals surface area contributed by atoms with Gasteiger partial charge in [0.25, 0.3) is 0 Å². The van der Waals surface area contributed by atoms with Crippen LogP contribution >= 0.6 is 11.6 Å². The van der Waals surface area contributed by atoms with Crippen LogP contribution < -0.4 is 0 Å². The number of hydrogen-bond acceptors (Lipinski definition) is 2. The number of carbonyl (C=O) groups is 1. The summed E-state index contributed by atoms with van der Waals surface area (Å²) in [6.07, 6.45) is 0.599. The number of halogens is 2. The summed E-state index contributed by atoms with van der Waals surface area (Å²) in [4.78, 5) is 15.5. The topological polar surface area (TPSA) is 42.1 Å². The molecule has 0 bridgehead atoms. The molecule has 0 saturated carbocycles. The van der Waals surface area contributed by atoms with Gasteiger partial charge in [0.2, 0.25) is 0 Å². The zero-order valence-corrected chi connectivity index (χ0v) is 16.6. The highest BCUT2D eigenvalue weighted by atomic mass is 35.5. The van der Waals surface area contributed by atoms with Crippen LogP contribution in [-0.2, 0) is 11.2 Å². The Morgan fingerprint density at radius 3 is 2.62 bits per heavy atom. The summed E-state index contributed by atoms with van der Waals surface area (Å²) in [7, 11) is 0. The second-order valence-corrected chi connectivity index (χ2v) is 7.21. The molecule has 0 atom stereocenters. The van der Waals surface area contributed by atoms with Crippen LogP contribution in [0, 0.1) is 5.82 Å². The van der Waals surface area contributed by atoms with Gasteiger partial charge in [0, 0.05) is 22.3 Å². The van der Waals surface area contributed by atoms with Crippen molar-refractivity contribution in [3.05, 3.63) is 94.3 Å². The van der Waals surface area contributed by atoms with E-state index in [1.165, 1.54) is 12.1 Å². The standard InChI is InChI=1S/C24H19ClFNO2/c1-2-29-24(28)17-5-3-4-15(12-17)13-21-20-11-8-18(25)14-22(20)27-23(21)16-6-9-19(26)10-7-16/h3-12,14,27H,2,13H2,1H3. The SMILES string of the molecule is CCOC(=O)c1cccc(Cc2c(-c3ccc(F)cc3)[nH]c3cc(Cl)ccc23)c1. The predicted molar refractivity (Wildman–Crippen MR) is 114 cm³/mol. The number of H-pyrrole nitrogens is 1. The Morgan fingerprint density at radius 1 is 1.07 bits per heavy atom. The second-order valence-electron chi connectivity index (χ2n) is 6.77. The van der Waals surface area contributed by atoms with Crippen molar-refractivity contribution < 1.29 is 13.9 Å². The molecule has 0 aliphatic carbocycles. The van der Waals surface area contributed by atoms with Crippen molar-refractivity contribution in [2.24, 2.45) is 0 Å². The van der Waals surface area contributed by atoms with Crippen LogP contribution in [0.5, 0.6) is 0 Å². The number of hydrogen-bond donors (Lipinski definition) is 1. The van der Waals surface area contributed by atoms with Crippen LogP contribution in [0.25, 0.3) is 22.2 Å². The van der Waals surface area contributed by atoms with Gasteiger partial charge in [-0.1, -0.05) is 29.8 Å². The average molecular weight is 408 g/mol. The highest BCUT2D eigenvalue weighted by Crippen LogP contribution is 2.33. The Bertz CT molecular complexity index is 1180. The molecule has 0 saturated heterocycles. The molecule has 0 unspecified atom stereocenters. The average Bonchev–Trinajstić information content (AvgIpc) is 3.06. The van der Waals surface area contributed by atoms with E-state index in [9.17, 15) is 9.18 Å². The van der Waals surface area contributed by atoms with Crippen LogP contribution in [0.15, 0.2) is 66.7 Å². The Morgan fingerprint density at radius 2 is 1.86 bits per heavy atom. The lowest BCUT2D eigenvalue weighted by molar-refractivity contribution is 0.0526. The summed E-state index contributed by atoms with van der Waals surface area (Å²) in [5, 5.41) is 1.68. The largest absolute Gasteiger partial charge is 0.462 e. The number of aromatic amines is 1. The fourth-order valence-corrected chi connectivity index (χ4v) is 3.67. The fourth-order valence-electron chi connectivity index (χ4n) is 3.50. The first kappa shape index (κ1) is 19.2. The van der Waals surface area contributed by atoms with Crippen LogP contribution in [0.2, 0.25) is 5.02 Å². The van der Waals surface area contributed by atoms with Gasteiger partial charge in [0.05, 0.1) is 17.9 Å². The zero-order chi connectivity index (χ0) is 20.4. The van der Waals surface area contributed by atoms with Crippen molar-refractivity contribution in [3.8, 4) is 11.3 Å². The first-order valence-corrected chi connectivity index (χ1v) is 9.75. The van der Waals surface area contributed by atoms with Gasteiger partial charge in [-0.15, -0.1) is 0 Å². The summed E-state index contributed by atoms with van der Waals surface area (Å²) in [5.41, 5.74) is 5.27. The maximum Gasteiger partial charge on any atom is 0.338 e. The third-order valence-corrected chi connectivity index (χ3v) is 5.06. The maximum absolute atomic E-state index is 13.4. The van der Waals surface area contributed by atoms with E-state index in [4.69, 9.17) is 16.3 Å². The quantitative estimate of drug-likeness (QED) is 0.389. The third kappa shape index (κ3) is 4.03. The summed E-state index contributed by atoms with van der Waals surface area (Å²) in [5.74, 6) is -0.615. The molecule has 0 radical (unpaired) electrons. The first-order chi connectivity index (χ1) is 14.0. The van der Waals surface area contributed by atoms with E-state index >= 15 is 0 Å². The van der Waals surface area contributed by atoms with Crippen molar-refractivity contribution in [2.75, 3.05) is 6.61 Å². The third-order valence-electron chi connectivity index (χ3n) is 4.82. The number of ether oxygens (including phenoxy) is 1. The van der Waals surface area contributed by atoms with Crippen molar-refractivity contribution in [3.63, 3.8) is 0 Å². The lowest BCUT2D eigenvalue weighted by Crippen LogP contribution is -2.05. The maximum atomic E-state index is 13.4. The van der Waals surface area contributed by atoms with E-state index < -0.39 is 0 Å². The smallest absolute Gasteiger partial charge is 0.338 e. The van der Waals surface area contributed by atoms with Crippen molar-refractivity contribution in [2.45, 2.75) is 13.3 Å². The van der Waals surface area contributed by atoms with Crippen molar-refractivity contribution in [1.82, 2.24) is 4.98 Å². The number of fused-ring (bicyclic) bond motifs is 1. The van der Waals surface area contributed by atoms with Gasteiger partial charge < -0.3 is 9.72 Å². The van der Waals surface area contributed by atoms with E-state index in [1.807, 2.05) is 36.4 Å². The van der Waals surface area contributed by atoms with E-state index in [0.717, 1.165) is 33.3 Å². The normalized spacial score (nSPS) is 11.0. The van der Waals surface area contributed by atoms with Gasteiger partial charge >= 0.3 is 5.97 Å². The van der Waals surface area contributed by atoms with E-state index in [2.05, 4.69) is 4.98 Å². The second kappa shape index (κ2) is 8.10. The highest BCUT2D eigenvalue weighted by molar-refractivity contribution is 6.31. The summed E-state index contributed by atoms with van der Waals surface area (Å²) >= 11 is 6.17. The molecule has 0 aliphatic heterocycles. The molecule has 0 fully saturated rings. The highest BCUT2D eigenvalue weighted by Gasteiger charge is 2.15. The van der Waals surface area contributed by atoms with Gasteiger partial charge in [0.15, 0.2) is 0 Å². The zero-order valence-electron chi connectivity index (χ0n) is 15.8. The minimum atomic E-state index is -0.334. The molecule has 1 N–H and O–H groups in total. The Balaban J connectivity index is 1.80. The molecule has 146 valence electrons. The molecule has 0 spiro atoms. The van der Waals surface area contributed by atoms with Crippen LogP contribution in [0.1, 0.15) is 28.4 Å². The molecule has 29 heavy (non-hydrogen) atoms. The lowest BCUT2D eigenvalue weighted by atomic mass is 9.97. The Labute approximate surface area is 173 Å². The number of aromatic nitrogens is 1. The number of nitrogens with one attached hydrogen (secondary N) is 1. The van der Waals surface area contributed by atoms with Gasteiger partial charge in [-0.25, -0.2) is 9.18 Å². The Hall–Kier alpha value is -3.11. The summed E-state index contributed by atoms with van der Waals surface area (Å²) in [6.45, 7) is 2.12. The molecular weight excluding hydrogens is 389 g/mol. The molecule has 4 rings (SSSR count). The van der Waals surface area contributed by atoms with Gasteiger partial charge in [0.1, 0.15) is 5.82 Å². The lowest BCUT2D eigenvalue weighted by Gasteiger charge is -2.08. The van der Waals surface area contributed by atoms with Gasteiger partial charge in [-0.2, -0.15) is 0 Å². The number of benzene rings is 3. The molecule has 0 aliphatic rings. The summed E-state index contributed by atoms with van der Waals surface area (Å²) < 4.78 is 18.5. The Kier molecular flexibility index (Phi) is 5.36. The molecule has 1 aromatic heterocycles. The van der Waals surface area contributed by atoms with Gasteiger partial charge in [-0.05, 0) is 72.1 Å². The van der Waals surface area contributed by atoms with Crippen LogP contribution in [0.4, 0.5) is 4.39 Å². The molecule has 5 heteroatoms. The molecule has 4 aromatic rings. The van der Waals surface area contributed by atoms with Crippen LogP contribution in [-0.4, -0.2) is 17.6 Å². The summed E-state index contributed by atoms with van der Waals surface area (Å²) in [6, 6.07) is 19.5. The number of rotatable bonds is 5. The predicted octanol–water partition coefficient (Wildman–Crippen LogP) is 6.39. The fraction of sp³-hybridized carbons (Fsp3) is 0.125. The molecular formula is C24H19ClFNO2.